The topological polar surface area (TPSA) is 115 Å². The van der Waals surface area contributed by atoms with E-state index in [0.717, 1.165) is 32.1 Å². The summed E-state index contributed by atoms with van der Waals surface area (Å²) in [6.45, 7) is 8.15. The highest BCUT2D eigenvalue weighted by Gasteiger charge is 2.57. The van der Waals surface area contributed by atoms with Crippen molar-refractivity contribution in [3.63, 3.8) is 0 Å². The fourth-order valence-corrected chi connectivity index (χ4v) is 6.28. The lowest BCUT2D eigenvalue weighted by Crippen LogP contribution is -2.65. The Morgan fingerprint density at radius 3 is 2.56 bits per heavy atom. The molecule has 0 radical (unpaired) electrons. The fraction of sp³-hybridized carbons (Fsp3) is 0.720. The van der Waals surface area contributed by atoms with Crippen molar-refractivity contribution in [2.45, 2.75) is 82.9 Å². The summed E-state index contributed by atoms with van der Waals surface area (Å²) in [5, 5.41) is 21.4. The number of hydrogen-bond donors (Lipinski definition) is 3. The number of aromatic nitrogens is 2. The van der Waals surface area contributed by atoms with E-state index in [1.807, 2.05) is 27.7 Å². The van der Waals surface area contributed by atoms with E-state index in [4.69, 9.17) is 4.74 Å². The van der Waals surface area contributed by atoms with Crippen molar-refractivity contribution in [3.8, 4) is 5.88 Å². The molecule has 0 spiro atoms. The minimum Gasteiger partial charge on any atom is -0.477 e. The van der Waals surface area contributed by atoms with Crippen molar-refractivity contribution in [3.05, 3.63) is 17.8 Å². The monoisotopic (exact) mass is 474 g/mol. The molecular formula is C25H38N4O5. The lowest BCUT2D eigenvalue weighted by atomic mass is 9.51. The second kappa shape index (κ2) is 8.91. The number of amides is 2. The number of alkyl carbamates (subject to hydrolysis) is 1. The van der Waals surface area contributed by atoms with Gasteiger partial charge in [0.15, 0.2) is 0 Å². The molecule has 4 fully saturated rings. The maximum absolute atomic E-state index is 13.5. The zero-order valence-corrected chi connectivity index (χ0v) is 20.9. The smallest absolute Gasteiger partial charge is 0.407 e. The Morgan fingerprint density at radius 1 is 1.29 bits per heavy atom. The van der Waals surface area contributed by atoms with E-state index < -0.39 is 17.2 Å². The zero-order valence-electron chi connectivity index (χ0n) is 20.9. The first-order valence-corrected chi connectivity index (χ1v) is 12.2. The van der Waals surface area contributed by atoms with Crippen molar-refractivity contribution >= 4 is 18.2 Å². The first-order valence-electron chi connectivity index (χ1n) is 12.2. The van der Waals surface area contributed by atoms with Gasteiger partial charge in [0, 0.05) is 11.7 Å². The van der Waals surface area contributed by atoms with Crippen molar-refractivity contribution in [1.29, 1.82) is 0 Å². The molecule has 2 unspecified atom stereocenters. The van der Waals surface area contributed by atoms with Crippen molar-refractivity contribution < 1.29 is 24.2 Å². The standard InChI is InChI=1S/C25H38N4O5/c1-16(2)14-34-21-19(13-26-29(21)7-6-23(3,4)28-22(31)33-5)20(30)27-24-9-17-8-18(10-24)12-25(32,11-17)15-24/h6-7,13,16-18,32H,8-12,14-15H2,1-5H3,(H,27,30)(H,28,31)/b7-6+. The van der Waals surface area contributed by atoms with Gasteiger partial charge in [0.2, 0.25) is 5.88 Å². The largest absolute Gasteiger partial charge is 0.477 e. The third-order valence-electron chi connectivity index (χ3n) is 7.20. The summed E-state index contributed by atoms with van der Waals surface area (Å²) in [6, 6.07) is 0. The number of nitrogens with zero attached hydrogens (tertiary/aromatic N) is 2. The van der Waals surface area contributed by atoms with Gasteiger partial charge in [-0.2, -0.15) is 5.10 Å². The molecule has 2 amide bonds. The number of aliphatic hydroxyl groups is 1. The second-order valence-electron chi connectivity index (χ2n) is 11.6. The van der Waals surface area contributed by atoms with Gasteiger partial charge in [0.25, 0.3) is 5.91 Å². The van der Waals surface area contributed by atoms with Gasteiger partial charge < -0.3 is 25.2 Å². The molecule has 4 aliphatic carbocycles. The summed E-state index contributed by atoms with van der Waals surface area (Å²) in [5.74, 6) is 1.34. The van der Waals surface area contributed by atoms with E-state index in [1.165, 1.54) is 18.0 Å². The molecule has 34 heavy (non-hydrogen) atoms. The van der Waals surface area contributed by atoms with E-state index in [2.05, 4.69) is 20.5 Å². The molecule has 188 valence electrons. The molecule has 4 saturated carbocycles. The predicted octanol–water partition coefficient (Wildman–Crippen LogP) is 3.34. The van der Waals surface area contributed by atoms with Gasteiger partial charge in [-0.05, 0) is 76.2 Å². The number of carbonyl (C=O) groups is 2. The molecule has 5 rings (SSSR count). The predicted molar refractivity (Wildman–Crippen MR) is 127 cm³/mol. The summed E-state index contributed by atoms with van der Waals surface area (Å²) in [4.78, 5) is 25.1. The van der Waals surface area contributed by atoms with E-state index in [1.54, 1.807) is 12.3 Å². The second-order valence-corrected chi connectivity index (χ2v) is 11.6. The van der Waals surface area contributed by atoms with Gasteiger partial charge in [-0.15, -0.1) is 0 Å². The van der Waals surface area contributed by atoms with Crippen LogP contribution in [-0.4, -0.2) is 57.3 Å². The number of hydrogen-bond acceptors (Lipinski definition) is 6. The molecule has 1 aromatic heterocycles. The Morgan fingerprint density at radius 2 is 1.97 bits per heavy atom. The van der Waals surface area contributed by atoms with Crippen LogP contribution in [0.4, 0.5) is 4.79 Å². The highest BCUT2D eigenvalue weighted by molar-refractivity contribution is 5.97. The molecular weight excluding hydrogens is 436 g/mol. The number of nitrogens with one attached hydrogen (secondary N) is 2. The van der Waals surface area contributed by atoms with E-state index in [0.29, 0.717) is 36.3 Å². The average molecular weight is 475 g/mol. The summed E-state index contributed by atoms with van der Waals surface area (Å²) >= 11 is 0. The average Bonchev–Trinajstić information content (AvgIpc) is 3.11. The minimum absolute atomic E-state index is 0.226. The van der Waals surface area contributed by atoms with Gasteiger partial charge in [-0.25, -0.2) is 9.48 Å². The van der Waals surface area contributed by atoms with Crippen LogP contribution in [0.5, 0.6) is 5.88 Å². The Labute approximate surface area is 201 Å². The Bertz CT molecular complexity index is 953. The number of methoxy groups -OCH3 is 1. The van der Waals surface area contributed by atoms with E-state index in [9.17, 15) is 14.7 Å². The van der Waals surface area contributed by atoms with Crippen LogP contribution in [0.25, 0.3) is 6.20 Å². The van der Waals surface area contributed by atoms with Crippen LogP contribution < -0.4 is 15.4 Å². The quantitative estimate of drug-likeness (QED) is 0.532. The first kappa shape index (κ1) is 24.6. The molecule has 0 aliphatic heterocycles. The zero-order chi connectivity index (χ0) is 24.7. The fourth-order valence-electron chi connectivity index (χ4n) is 6.28. The summed E-state index contributed by atoms with van der Waals surface area (Å²) in [6.07, 6.45) is 9.72. The third-order valence-corrected chi connectivity index (χ3v) is 7.20. The van der Waals surface area contributed by atoms with Crippen LogP contribution in [0.2, 0.25) is 0 Å². The molecule has 1 heterocycles. The Kier molecular flexibility index (Phi) is 6.44. The number of rotatable bonds is 8. The molecule has 4 aliphatic rings. The number of carbonyl (C=O) groups excluding carboxylic acids is 2. The molecule has 9 nitrogen and oxygen atoms in total. The van der Waals surface area contributed by atoms with Gasteiger partial charge in [-0.1, -0.05) is 13.8 Å². The van der Waals surface area contributed by atoms with Crippen LogP contribution in [0.15, 0.2) is 12.3 Å². The van der Waals surface area contributed by atoms with Gasteiger partial charge >= 0.3 is 6.09 Å². The Hall–Kier alpha value is -2.55. The van der Waals surface area contributed by atoms with Crippen LogP contribution in [0.3, 0.4) is 0 Å². The Balaban J connectivity index is 1.55. The van der Waals surface area contributed by atoms with Crippen LogP contribution in [-0.2, 0) is 4.74 Å². The summed E-state index contributed by atoms with van der Waals surface area (Å²) < 4.78 is 12.2. The summed E-state index contributed by atoms with van der Waals surface area (Å²) in [7, 11) is 1.31. The van der Waals surface area contributed by atoms with Crippen molar-refractivity contribution in [2.24, 2.45) is 17.8 Å². The highest BCUT2D eigenvalue weighted by atomic mass is 16.5. The molecule has 1 aromatic rings. The number of ether oxygens (including phenoxy) is 2. The third kappa shape index (κ3) is 5.24. The maximum Gasteiger partial charge on any atom is 0.407 e. The SMILES string of the molecule is COC(=O)NC(C)(C)/C=C/n1ncc(C(=O)NC23CC4CC(CC(O)(C4)C2)C3)c1OCC(C)C. The van der Waals surface area contributed by atoms with Crippen molar-refractivity contribution in [1.82, 2.24) is 20.4 Å². The lowest BCUT2D eigenvalue weighted by molar-refractivity contribution is -0.139. The van der Waals surface area contributed by atoms with Crippen LogP contribution >= 0.6 is 0 Å². The lowest BCUT2D eigenvalue weighted by Gasteiger charge is -2.60. The molecule has 3 N–H and O–H groups in total. The van der Waals surface area contributed by atoms with E-state index >= 15 is 0 Å². The highest BCUT2D eigenvalue weighted by Crippen LogP contribution is 2.57. The van der Waals surface area contributed by atoms with Gasteiger partial charge in [0.05, 0.1) is 31.1 Å². The van der Waals surface area contributed by atoms with Gasteiger partial charge in [0.1, 0.15) is 5.56 Å². The molecule has 2 atom stereocenters. The van der Waals surface area contributed by atoms with Crippen LogP contribution in [0.1, 0.15) is 76.6 Å². The minimum atomic E-state index is -0.703. The van der Waals surface area contributed by atoms with Crippen molar-refractivity contribution in [2.75, 3.05) is 13.7 Å². The molecule has 0 aromatic carbocycles. The van der Waals surface area contributed by atoms with Crippen LogP contribution in [0, 0.1) is 17.8 Å². The van der Waals surface area contributed by atoms with Gasteiger partial charge in [-0.3, -0.25) is 4.79 Å². The molecule has 0 saturated heterocycles. The first-order chi connectivity index (χ1) is 15.9. The molecule has 9 heteroatoms. The maximum atomic E-state index is 13.5. The summed E-state index contributed by atoms with van der Waals surface area (Å²) in [5.41, 5.74) is -1.35. The normalized spacial score (nSPS) is 30.1. The van der Waals surface area contributed by atoms with E-state index in [-0.39, 0.29) is 17.4 Å². The molecule has 4 bridgehead atoms.